The fraction of sp³-hybridized carbons (Fsp3) is 0. The van der Waals surface area contributed by atoms with E-state index in [1.54, 1.807) is 30.3 Å². The number of hydrogen-bond acceptors (Lipinski definition) is 8. The summed E-state index contributed by atoms with van der Waals surface area (Å²) >= 11 is 0. The number of nitro benzene ring substituents is 1. The quantitative estimate of drug-likeness (QED) is 0.147. The molecule has 202 valence electrons. The van der Waals surface area contributed by atoms with E-state index in [1.165, 1.54) is 48.5 Å². The first kappa shape index (κ1) is 26.8. The Morgan fingerprint density at radius 3 is 2.17 bits per heavy atom. The van der Waals surface area contributed by atoms with Gasteiger partial charge < -0.3 is 0 Å². The van der Waals surface area contributed by atoms with Crippen LogP contribution >= 0.6 is 0 Å². The SMILES string of the molecule is O=C1C(=Cc2cccc([N+](=O)[O-])c2)N=C(c2ccccc2)N1c1ccc2c(S(=O)(=O)O)cccc2c1S(=O)(=O)O. The summed E-state index contributed by atoms with van der Waals surface area (Å²) in [5, 5.41) is 10.7. The number of rotatable bonds is 6. The monoisotopic (exact) mass is 579 g/mol. The summed E-state index contributed by atoms with van der Waals surface area (Å²) in [6.45, 7) is 0. The maximum atomic E-state index is 13.8. The standard InChI is InChI=1S/C26H17N3O9S2/c30-26-21(15-16-6-4-9-18(14-16)29(31)32)27-25(17-7-2-1-3-8-17)28(26)22-13-12-19-20(24(22)40(36,37)38)10-5-11-23(19)39(33,34)35/h1-15H,(H,33,34,35)(H,36,37,38). The molecule has 1 aliphatic rings. The summed E-state index contributed by atoms with van der Waals surface area (Å²) in [4.78, 5) is 28.3. The van der Waals surface area contributed by atoms with Gasteiger partial charge in [-0.1, -0.05) is 60.7 Å². The van der Waals surface area contributed by atoms with Crippen molar-refractivity contribution in [2.45, 2.75) is 9.79 Å². The molecule has 1 aliphatic heterocycles. The smallest absolute Gasteiger partial charge is 0.282 e. The molecular formula is C26H17N3O9S2. The van der Waals surface area contributed by atoms with Gasteiger partial charge in [-0.3, -0.25) is 28.9 Å². The molecule has 4 aromatic carbocycles. The highest BCUT2D eigenvalue weighted by Gasteiger charge is 2.37. The lowest BCUT2D eigenvalue weighted by Gasteiger charge is -2.22. The van der Waals surface area contributed by atoms with Gasteiger partial charge >= 0.3 is 0 Å². The Balaban J connectivity index is 1.78. The second kappa shape index (κ2) is 9.77. The van der Waals surface area contributed by atoms with E-state index in [1.807, 2.05) is 0 Å². The minimum absolute atomic E-state index is 0.0162. The molecule has 12 nitrogen and oxygen atoms in total. The first-order valence-corrected chi connectivity index (χ1v) is 14.2. The second-order valence-corrected chi connectivity index (χ2v) is 11.3. The molecule has 0 aliphatic carbocycles. The van der Waals surface area contributed by atoms with Gasteiger partial charge in [0.15, 0.2) is 0 Å². The van der Waals surface area contributed by atoms with E-state index < -0.39 is 40.9 Å². The number of amides is 1. The molecule has 0 radical (unpaired) electrons. The zero-order chi connectivity index (χ0) is 28.8. The summed E-state index contributed by atoms with van der Waals surface area (Å²) in [7, 11) is -9.88. The Morgan fingerprint density at radius 1 is 0.825 bits per heavy atom. The number of non-ortho nitro benzene ring substituents is 1. The predicted molar refractivity (Wildman–Crippen MR) is 145 cm³/mol. The van der Waals surface area contributed by atoms with Gasteiger partial charge in [-0.15, -0.1) is 0 Å². The summed E-state index contributed by atoms with van der Waals surface area (Å²) in [5.74, 6) is -0.835. The van der Waals surface area contributed by atoms with Crippen molar-refractivity contribution < 1.29 is 35.7 Å². The Hall–Kier alpha value is -4.76. The number of hydrogen-bond donors (Lipinski definition) is 2. The van der Waals surface area contributed by atoms with Crippen LogP contribution in [0.15, 0.2) is 105 Å². The van der Waals surface area contributed by atoms with Crippen molar-refractivity contribution in [1.82, 2.24) is 0 Å². The van der Waals surface area contributed by atoms with Gasteiger partial charge in [-0.05, 0) is 23.8 Å². The van der Waals surface area contributed by atoms with E-state index in [2.05, 4.69) is 4.99 Å². The molecule has 40 heavy (non-hydrogen) atoms. The first-order valence-electron chi connectivity index (χ1n) is 11.3. The summed E-state index contributed by atoms with van der Waals surface area (Å²) < 4.78 is 69.2. The van der Waals surface area contributed by atoms with Crippen molar-refractivity contribution in [3.8, 4) is 0 Å². The van der Waals surface area contributed by atoms with Gasteiger partial charge in [0.25, 0.3) is 31.8 Å². The van der Waals surface area contributed by atoms with Crippen LogP contribution < -0.4 is 4.90 Å². The van der Waals surface area contributed by atoms with Gasteiger partial charge in [0.1, 0.15) is 21.3 Å². The van der Waals surface area contributed by atoms with Crippen molar-refractivity contribution in [3.63, 3.8) is 0 Å². The van der Waals surface area contributed by atoms with Crippen LogP contribution in [0.2, 0.25) is 0 Å². The number of aliphatic imine (C=N–C) groups is 1. The van der Waals surface area contributed by atoms with Gasteiger partial charge in [-0.2, -0.15) is 16.8 Å². The minimum Gasteiger partial charge on any atom is -0.282 e. The summed E-state index contributed by atoms with van der Waals surface area (Å²) in [6, 6.07) is 19.5. The van der Waals surface area contributed by atoms with Crippen molar-refractivity contribution >= 4 is 60.2 Å². The van der Waals surface area contributed by atoms with Crippen LogP contribution in [0.25, 0.3) is 16.8 Å². The predicted octanol–water partition coefficient (Wildman–Crippen LogP) is 4.08. The molecule has 0 spiro atoms. The largest absolute Gasteiger partial charge is 0.297 e. The average Bonchev–Trinajstić information content (AvgIpc) is 3.22. The Morgan fingerprint density at radius 2 is 1.52 bits per heavy atom. The Kier molecular flexibility index (Phi) is 6.55. The third-order valence-electron chi connectivity index (χ3n) is 6.00. The van der Waals surface area contributed by atoms with Gasteiger partial charge in [-0.25, -0.2) is 4.99 Å². The molecule has 1 heterocycles. The van der Waals surface area contributed by atoms with Crippen LogP contribution in [-0.4, -0.2) is 42.6 Å². The van der Waals surface area contributed by atoms with Gasteiger partial charge in [0.05, 0.1) is 10.6 Å². The zero-order valence-electron chi connectivity index (χ0n) is 20.1. The van der Waals surface area contributed by atoms with Crippen molar-refractivity contribution in [1.29, 1.82) is 0 Å². The van der Waals surface area contributed by atoms with E-state index in [-0.39, 0.29) is 39.2 Å². The highest BCUT2D eigenvalue weighted by molar-refractivity contribution is 7.86. The fourth-order valence-corrected chi connectivity index (χ4v) is 5.95. The normalized spacial score (nSPS) is 15.1. The molecule has 2 N–H and O–H groups in total. The molecule has 0 fully saturated rings. The molecule has 0 saturated carbocycles. The highest BCUT2D eigenvalue weighted by Crippen LogP contribution is 2.39. The maximum absolute atomic E-state index is 13.8. The third kappa shape index (κ3) is 4.87. The maximum Gasteiger partial charge on any atom is 0.297 e. The van der Waals surface area contributed by atoms with Crippen LogP contribution in [0.1, 0.15) is 11.1 Å². The number of nitrogens with zero attached hydrogens (tertiary/aromatic N) is 3. The topological polar surface area (TPSA) is 185 Å². The molecule has 0 aromatic heterocycles. The minimum atomic E-state index is -5.10. The lowest BCUT2D eigenvalue weighted by Crippen LogP contribution is -2.34. The molecule has 4 aromatic rings. The van der Waals surface area contributed by atoms with Crippen molar-refractivity contribution in [2.75, 3.05) is 4.90 Å². The number of nitro groups is 1. The first-order chi connectivity index (χ1) is 18.9. The second-order valence-electron chi connectivity index (χ2n) is 8.54. The average molecular weight is 580 g/mol. The zero-order valence-corrected chi connectivity index (χ0v) is 21.7. The number of carbonyl (C=O) groups excluding carboxylic acids is 1. The Labute approximate surface area is 227 Å². The third-order valence-corrected chi connectivity index (χ3v) is 7.86. The van der Waals surface area contributed by atoms with Crippen LogP contribution in [-0.2, 0) is 25.0 Å². The van der Waals surface area contributed by atoms with Crippen LogP contribution in [0.4, 0.5) is 11.4 Å². The van der Waals surface area contributed by atoms with E-state index in [9.17, 15) is 40.8 Å². The van der Waals surface area contributed by atoms with Gasteiger partial charge in [0, 0.05) is 28.5 Å². The van der Waals surface area contributed by atoms with Crippen LogP contribution in [0.5, 0.6) is 0 Å². The van der Waals surface area contributed by atoms with E-state index in [4.69, 9.17) is 0 Å². The number of carbonyl (C=O) groups is 1. The molecule has 0 unspecified atom stereocenters. The van der Waals surface area contributed by atoms with Crippen molar-refractivity contribution in [2.24, 2.45) is 4.99 Å². The number of benzene rings is 4. The molecule has 0 bridgehead atoms. The lowest BCUT2D eigenvalue weighted by molar-refractivity contribution is -0.384. The van der Waals surface area contributed by atoms with E-state index in [0.717, 1.165) is 17.0 Å². The lowest BCUT2D eigenvalue weighted by atomic mass is 10.1. The van der Waals surface area contributed by atoms with Gasteiger partial charge in [0.2, 0.25) is 0 Å². The molecule has 0 saturated heterocycles. The summed E-state index contributed by atoms with van der Waals surface area (Å²) in [5.41, 5.74) is -0.0695. The number of amidine groups is 1. The van der Waals surface area contributed by atoms with Crippen molar-refractivity contribution in [3.05, 3.63) is 112 Å². The van der Waals surface area contributed by atoms with E-state index in [0.29, 0.717) is 5.56 Å². The molecule has 14 heteroatoms. The fourth-order valence-electron chi connectivity index (χ4n) is 4.37. The Bertz CT molecular complexity index is 2000. The van der Waals surface area contributed by atoms with Crippen LogP contribution in [0, 0.1) is 10.1 Å². The summed E-state index contributed by atoms with van der Waals surface area (Å²) in [6.07, 6.45) is 1.29. The number of fused-ring (bicyclic) bond motifs is 1. The molecule has 5 rings (SSSR count). The van der Waals surface area contributed by atoms with Crippen LogP contribution in [0.3, 0.4) is 0 Å². The molecule has 0 atom stereocenters. The molecular weight excluding hydrogens is 562 g/mol. The highest BCUT2D eigenvalue weighted by atomic mass is 32.2. The number of anilines is 1. The van der Waals surface area contributed by atoms with E-state index >= 15 is 0 Å². The molecule has 1 amide bonds.